The van der Waals surface area contributed by atoms with Crippen molar-refractivity contribution < 1.29 is 4.42 Å². The maximum Gasteiger partial charge on any atom is 0.164 e. The summed E-state index contributed by atoms with van der Waals surface area (Å²) >= 11 is 0. The highest BCUT2D eigenvalue weighted by atomic mass is 16.3. The number of hydrogen-bond acceptors (Lipinski definition) is 4. The van der Waals surface area contributed by atoms with Crippen molar-refractivity contribution in [3.8, 4) is 45.3 Å². The number of rotatable bonds is 8. The van der Waals surface area contributed by atoms with E-state index in [0.717, 1.165) is 49.8 Å². The van der Waals surface area contributed by atoms with Crippen molar-refractivity contribution in [2.24, 2.45) is 0 Å². The van der Waals surface area contributed by atoms with Gasteiger partial charge in [0, 0.05) is 27.5 Å². The van der Waals surface area contributed by atoms with E-state index in [1.807, 2.05) is 72.8 Å². The molecule has 264 valence electrons. The van der Waals surface area contributed by atoms with Crippen molar-refractivity contribution in [3.63, 3.8) is 0 Å². The second-order valence-corrected chi connectivity index (χ2v) is 14.0. The Labute approximate surface area is 325 Å². The maximum absolute atomic E-state index is 6.47. The first-order chi connectivity index (χ1) is 27.8. The Bertz CT molecular complexity index is 2770. The number of fused-ring (bicyclic) bond motifs is 3. The van der Waals surface area contributed by atoms with E-state index in [-0.39, 0.29) is 0 Å². The third-order valence-corrected chi connectivity index (χ3v) is 10.7. The first-order valence-corrected chi connectivity index (χ1v) is 18.9. The molecule has 0 bridgehead atoms. The molecule has 0 amide bonds. The van der Waals surface area contributed by atoms with E-state index in [2.05, 4.69) is 140 Å². The van der Waals surface area contributed by atoms with Crippen LogP contribution in [0, 0.1) is 0 Å². The lowest BCUT2D eigenvalue weighted by Crippen LogP contribution is -2.30. The number of nitrogens with zero attached hydrogens (tertiary/aromatic N) is 3. The Balaban J connectivity index is 1.12. The highest BCUT2D eigenvalue weighted by Crippen LogP contribution is 2.46. The zero-order valence-corrected chi connectivity index (χ0v) is 30.5. The topological polar surface area (TPSA) is 51.8 Å². The fraction of sp³-hybridized carbons (Fsp3) is 0.0192. The molecule has 0 atom stereocenters. The monoisotopic (exact) mass is 717 g/mol. The summed E-state index contributed by atoms with van der Waals surface area (Å²) in [7, 11) is 0. The minimum atomic E-state index is -0.510. The summed E-state index contributed by atoms with van der Waals surface area (Å²) in [6.45, 7) is 0. The van der Waals surface area contributed by atoms with E-state index >= 15 is 0 Å². The van der Waals surface area contributed by atoms with Crippen molar-refractivity contribution in [2.45, 2.75) is 5.41 Å². The normalized spacial score (nSPS) is 11.6. The van der Waals surface area contributed by atoms with Gasteiger partial charge in [0.2, 0.25) is 0 Å². The molecule has 8 aromatic carbocycles. The standard InChI is InChI=1S/C52H35N3O/c1-6-17-37(18-7-1)49-53-50(38-19-8-2-9-20-38)55-51(54-49)44-27-16-28-47-48(44)45-35-39(31-34-46(45)56-47)36-29-32-43(33-30-36)52(40-21-10-3-11-22-40,41-23-12-4-13-24-41)42-25-14-5-15-26-42/h1-35H. The van der Waals surface area contributed by atoms with E-state index < -0.39 is 5.41 Å². The molecule has 0 aliphatic heterocycles. The highest BCUT2D eigenvalue weighted by Gasteiger charge is 2.38. The molecular formula is C52H35N3O. The Morgan fingerprint density at radius 2 is 0.768 bits per heavy atom. The molecule has 10 aromatic rings. The van der Waals surface area contributed by atoms with Gasteiger partial charge in [0.25, 0.3) is 0 Å². The first kappa shape index (κ1) is 33.2. The summed E-state index contributed by atoms with van der Waals surface area (Å²) in [6, 6.07) is 74.2. The predicted octanol–water partition coefficient (Wildman–Crippen LogP) is 12.8. The summed E-state index contributed by atoms with van der Waals surface area (Å²) in [5.41, 5.74) is 10.9. The van der Waals surface area contributed by atoms with E-state index in [9.17, 15) is 0 Å². The fourth-order valence-electron chi connectivity index (χ4n) is 8.10. The molecule has 56 heavy (non-hydrogen) atoms. The van der Waals surface area contributed by atoms with Crippen LogP contribution in [0.2, 0.25) is 0 Å². The third kappa shape index (κ3) is 5.76. The molecule has 2 aromatic heterocycles. The van der Waals surface area contributed by atoms with Crippen LogP contribution in [0.3, 0.4) is 0 Å². The molecule has 10 rings (SSSR count). The average Bonchev–Trinajstić information content (AvgIpc) is 3.67. The van der Waals surface area contributed by atoms with Crippen LogP contribution in [0.4, 0.5) is 0 Å². The van der Waals surface area contributed by atoms with Gasteiger partial charge in [0.1, 0.15) is 11.2 Å². The second kappa shape index (κ2) is 14.1. The lowest BCUT2D eigenvalue weighted by Gasteiger charge is -2.37. The summed E-state index contributed by atoms with van der Waals surface area (Å²) < 4.78 is 6.47. The van der Waals surface area contributed by atoms with Gasteiger partial charge in [-0.25, -0.2) is 15.0 Å². The molecule has 0 saturated carbocycles. The van der Waals surface area contributed by atoms with Gasteiger partial charge in [-0.15, -0.1) is 0 Å². The Morgan fingerprint density at radius 1 is 0.321 bits per heavy atom. The van der Waals surface area contributed by atoms with E-state index in [1.54, 1.807) is 0 Å². The van der Waals surface area contributed by atoms with E-state index in [4.69, 9.17) is 19.4 Å². The molecule has 0 saturated heterocycles. The first-order valence-electron chi connectivity index (χ1n) is 18.9. The van der Waals surface area contributed by atoms with Crippen LogP contribution >= 0.6 is 0 Å². The number of aromatic nitrogens is 3. The van der Waals surface area contributed by atoms with Crippen LogP contribution in [0.25, 0.3) is 67.2 Å². The Hall–Kier alpha value is -7.43. The van der Waals surface area contributed by atoms with Crippen LogP contribution in [0.1, 0.15) is 22.3 Å². The lowest BCUT2D eigenvalue weighted by atomic mass is 9.65. The van der Waals surface area contributed by atoms with Crippen molar-refractivity contribution in [2.75, 3.05) is 0 Å². The molecular weight excluding hydrogens is 683 g/mol. The number of hydrogen-bond donors (Lipinski definition) is 0. The van der Waals surface area contributed by atoms with Gasteiger partial charge in [0.05, 0.1) is 5.41 Å². The lowest BCUT2D eigenvalue weighted by molar-refractivity contribution is 0.669. The molecule has 4 nitrogen and oxygen atoms in total. The largest absolute Gasteiger partial charge is 0.456 e. The molecule has 0 aliphatic carbocycles. The smallest absolute Gasteiger partial charge is 0.164 e. The molecule has 0 N–H and O–H groups in total. The second-order valence-electron chi connectivity index (χ2n) is 14.0. The van der Waals surface area contributed by atoms with Gasteiger partial charge in [-0.3, -0.25) is 0 Å². The molecule has 0 aliphatic rings. The fourth-order valence-corrected chi connectivity index (χ4v) is 8.10. The van der Waals surface area contributed by atoms with Crippen molar-refractivity contribution in [1.82, 2.24) is 15.0 Å². The number of furan rings is 1. The van der Waals surface area contributed by atoms with Gasteiger partial charge in [-0.05, 0) is 51.6 Å². The summed E-state index contributed by atoms with van der Waals surface area (Å²) in [6.07, 6.45) is 0. The van der Waals surface area contributed by atoms with Crippen LogP contribution in [-0.4, -0.2) is 15.0 Å². The minimum Gasteiger partial charge on any atom is -0.456 e. The number of benzene rings is 8. The Kier molecular flexibility index (Phi) is 8.34. The van der Waals surface area contributed by atoms with Crippen LogP contribution in [0.5, 0.6) is 0 Å². The van der Waals surface area contributed by atoms with Crippen molar-refractivity contribution in [3.05, 3.63) is 235 Å². The van der Waals surface area contributed by atoms with Crippen LogP contribution in [0.15, 0.2) is 217 Å². The Morgan fingerprint density at radius 3 is 1.29 bits per heavy atom. The van der Waals surface area contributed by atoms with Gasteiger partial charge < -0.3 is 4.42 Å². The minimum absolute atomic E-state index is 0.510. The predicted molar refractivity (Wildman–Crippen MR) is 227 cm³/mol. The van der Waals surface area contributed by atoms with E-state index in [1.165, 1.54) is 22.3 Å². The van der Waals surface area contributed by atoms with Gasteiger partial charge >= 0.3 is 0 Å². The summed E-state index contributed by atoms with van der Waals surface area (Å²) in [4.78, 5) is 15.0. The van der Waals surface area contributed by atoms with Gasteiger partial charge in [-0.2, -0.15) is 0 Å². The quantitative estimate of drug-likeness (QED) is 0.147. The van der Waals surface area contributed by atoms with Crippen molar-refractivity contribution >= 4 is 21.9 Å². The molecule has 0 radical (unpaired) electrons. The summed E-state index contributed by atoms with van der Waals surface area (Å²) in [5, 5.41) is 1.98. The third-order valence-electron chi connectivity index (χ3n) is 10.7. The van der Waals surface area contributed by atoms with E-state index in [0.29, 0.717) is 17.5 Å². The van der Waals surface area contributed by atoms with Crippen LogP contribution in [-0.2, 0) is 5.41 Å². The molecule has 0 unspecified atom stereocenters. The highest BCUT2D eigenvalue weighted by molar-refractivity contribution is 6.12. The zero-order valence-electron chi connectivity index (χ0n) is 30.5. The zero-order chi connectivity index (χ0) is 37.3. The molecule has 4 heteroatoms. The maximum atomic E-state index is 6.47. The average molecular weight is 718 g/mol. The van der Waals surface area contributed by atoms with Gasteiger partial charge in [0.15, 0.2) is 17.5 Å². The van der Waals surface area contributed by atoms with Crippen molar-refractivity contribution in [1.29, 1.82) is 0 Å². The van der Waals surface area contributed by atoms with Gasteiger partial charge in [-0.1, -0.05) is 194 Å². The molecule has 0 spiro atoms. The SMILES string of the molecule is c1ccc(-c2nc(-c3ccccc3)nc(-c3cccc4oc5ccc(-c6ccc(C(c7ccccc7)(c7ccccc7)c7ccccc7)cc6)cc5c34)n2)cc1. The molecule has 2 heterocycles. The molecule has 0 fully saturated rings. The van der Waals surface area contributed by atoms with Crippen LogP contribution < -0.4 is 0 Å². The summed E-state index contributed by atoms with van der Waals surface area (Å²) in [5.74, 6) is 1.84.